The maximum atomic E-state index is 10.5. The molecule has 0 aliphatic rings. The fraction of sp³-hybridized carbons (Fsp3) is 0.571. The van der Waals surface area contributed by atoms with E-state index in [-0.39, 0.29) is 12.1 Å². The Morgan fingerprint density at radius 2 is 2.11 bits per heavy atom. The summed E-state index contributed by atoms with van der Waals surface area (Å²) in [5.74, 6) is -0.271. The molecular formula is C7H12O2. The molecule has 0 aromatic heterocycles. The number of rotatable bonds is 2. The van der Waals surface area contributed by atoms with Gasteiger partial charge in [0.05, 0.1) is 6.10 Å². The molecule has 0 aliphatic heterocycles. The molecular weight excluding hydrogens is 116 g/mol. The van der Waals surface area contributed by atoms with Crippen LogP contribution in [0.5, 0.6) is 0 Å². The lowest BCUT2D eigenvalue weighted by Crippen LogP contribution is -2.07. The predicted molar refractivity (Wildman–Crippen MR) is 36.0 cm³/mol. The van der Waals surface area contributed by atoms with Crippen molar-refractivity contribution in [3.63, 3.8) is 0 Å². The smallest absolute Gasteiger partial charge is 0.330 e. The second kappa shape index (κ2) is 4.13. The van der Waals surface area contributed by atoms with Gasteiger partial charge < -0.3 is 4.74 Å². The maximum Gasteiger partial charge on any atom is 0.330 e. The molecule has 0 saturated heterocycles. The molecule has 0 aromatic rings. The zero-order valence-corrected chi connectivity index (χ0v) is 6.05. The highest BCUT2D eigenvalue weighted by Gasteiger charge is 1.97. The van der Waals surface area contributed by atoms with Crippen LogP contribution in [-0.2, 0) is 9.53 Å². The first-order valence-electron chi connectivity index (χ1n) is 3.00. The fourth-order valence-corrected chi connectivity index (χ4v) is 0.408. The van der Waals surface area contributed by atoms with Crippen molar-refractivity contribution in [3.05, 3.63) is 12.2 Å². The van der Waals surface area contributed by atoms with E-state index in [1.807, 2.05) is 13.8 Å². The minimum Gasteiger partial charge on any atom is -0.460 e. The molecule has 2 heteroatoms. The van der Waals surface area contributed by atoms with Crippen LogP contribution in [0.15, 0.2) is 12.2 Å². The number of ether oxygens (including phenoxy) is 1. The average Bonchev–Trinajstić information content (AvgIpc) is 1.63. The van der Waals surface area contributed by atoms with Crippen molar-refractivity contribution in [3.8, 4) is 0 Å². The number of carbonyl (C=O) groups excluding carboxylic acids is 1. The van der Waals surface area contributed by atoms with Gasteiger partial charge in [0.2, 0.25) is 0 Å². The normalized spacial score (nSPS) is 10.7. The Morgan fingerprint density at radius 3 is 2.44 bits per heavy atom. The van der Waals surface area contributed by atoms with E-state index in [1.54, 1.807) is 13.0 Å². The highest BCUT2D eigenvalue weighted by molar-refractivity contribution is 5.81. The molecule has 0 unspecified atom stereocenters. The highest BCUT2D eigenvalue weighted by atomic mass is 16.5. The number of carbonyl (C=O) groups is 1. The lowest BCUT2D eigenvalue weighted by Gasteiger charge is -2.02. The first-order chi connectivity index (χ1) is 4.16. The highest BCUT2D eigenvalue weighted by Crippen LogP contribution is 1.89. The lowest BCUT2D eigenvalue weighted by atomic mass is 10.4. The van der Waals surface area contributed by atoms with E-state index < -0.39 is 0 Å². The standard InChI is InChI=1S/C7H12O2/c1-4-5-7(8)9-6(2)3/h4-6H,1-3H3. The van der Waals surface area contributed by atoms with E-state index in [4.69, 9.17) is 4.74 Å². The Balaban J connectivity index is 3.51. The van der Waals surface area contributed by atoms with Crippen molar-refractivity contribution in [1.29, 1.82) is 0 Å². The molecule has 2 nitrogen and oxygen atoms in total. The van der Waals surface area contributed by atoms with Gasteiger partial charge in [-0.1, -0.05) is 6.08 Å². The van der Waals surface area contributed by atoms with Gasteiger partial charge in [-0.15, -0.1) is 0 Å². The van der Waals surface area contributed by atoms with Gasteiger partial charge in [0.15, 0.2) is 0 Å². The van der Waals surface area contributed by atoms with Crippen molar-refractivity contribution < 1.29 is 9.53 Å². The summed E-state index contributed by atoms with van der Waals surface area (Å²) in [6, 6.07) is 0. The topological polar surface area (TPSA) is 26.3 Å². The van der Waals surface area contributed by atoms with Crippen LogP contribution in [0.3, 0.4) is 0 Å². The Hall–Kier alpha value is -0.790. The molecule has 0 N–H and O–H groups in total. The quantitative estimate of drug-likeness (QED) is 0.416. The summed E-state index contributed by atoms with van der Waals surface area (Å²) < 4.78 is 4.76. The third-order valence-corrected chi connectivity index (χ3v) is 0.655. The second-order valence-electron chi connectivity index (χ2n) is 1.99. The van der Waals surface area contributed by atoms with Crippen molar-refractivity contribution >= 4 is 5.97 Å². The van der Waals surface area contributed by atoms with Gasteiger partial charge in [-0.3, -0.25) is 0 Å². The lowest BCUT2D eigenvalue weighted by molar-refractivity contribution is -0.141. The molecule has 9 heavy (non-hydrogen) atoms. The molecule has 0 amide bonds. The van der Waals surface area contributed by atoms with Crippen LogP contribution in [0.2, 0.25) is 0 Å². The number of esters is 1. The first kappa shape index (κ1) is 8.21. The Kier molecular flexibility index (Phi) is 3.76. The summed E-state index contributed by atoms with van der Waals surface area (Å²) in [5.41, 5.74) is 0. The molecule has 0 bridgehead atoms. The van der Waals surface area contributed by atoms with Crippen LogP contribution in [0.1, 0.15) is 20.8 Å². The average molecular weight is 128 g/mol. The third-order valence-electron chi connectivity index (χ3n) is 0.655. The molecule has 52 valence electrons. The van der Waals surface area contributed by atoms with E-state index in [0.29, 0.717) is 0 Å². The SMILES string of the molecule is CC=CC(=O)OC(C)C. The van der Waals surface area contributed by atoms with Gasteiger partial charge >= 0.3 is 5.97 Å². The molecule has 0 heterocycles. The fourth-order valence-electron chi connectivity index (χ4n) is 0.408. The van der Waals surface area contributed by atoms with Gasteiger partial charge in [0, 0.05) is 6.08 Å². The number of hydrogen-bond acceptors (Lipinski definition) is 2. The summed E-state index contributed by atoms with van der Waals surface area (Å²) >= 11 is 0. The molecule has 0 fully saturated rings. The Bertz CT molecular complexity index is 114. The number of hydrogen-bond donors (Lipinski definition) is 0. The molecule has 0 spiro atoms. The second-order valence-corrected chi connectivity index (χ2v) is 1.99. The van der Waals surface area contributed by atoms with Crippen LogP contribution < -0.4 is 0 Å². The van der Waals surface area contributed by atoms with E-state index >= 15 is 0 Å². The van der Waals surface area contributed by atoms with Gasteiger partial charge in [-0.05, 0) is 20.8 Å². The minimum absolute atomic E-state index is 0.0197. The molecule has 0 rings (SSSR count). The summed E-state index contributed by atoms with van der Waals surface area (Å²) in [6.45, 7) is 5.42. The van der Waals surface area contributed by atoms with E-state index in [0.717, 1.165) is 0 Å². The van der Waals surface area contributed by atoms with Gasteiger partial charge in [0.25, 0.3) is 0 Å². The van der Waals surface area contributed by atoms with Crippen LogP contribution in [0.4, 0.5) is 0 Å². The third kappa shape index (κ3) is 5.07. The molecule has 0 atom stereocenters. The maximum absolute atomic E-state index is 10.5. The monoisotopic (exact) mass is 128 g/mol. The summed E-state index contributed by atoms with van der Waals surface area (Å²) in [7, 11) is 0. The van der Waals surface area contributed by atoms with Crippen molar-refractivity contribution in [2.24, 2.45) is 0 Å². The van der Waals surface area contributed by atoms with Gasteiger partial charge in [-0.25, -0.2) is 4.79 Å². The van der Waals surface area contributed by atoms with Crippen LogP contribution in [-0.4, -0.2) is 12.1 Å². The van der Waals surface area contributed by atoms with Gasteiger partial charge in [-0.2, -0.15) is 0 Å². The summed E-state index contributed by atoms with van der Waals surface area (Å²) in [5, 5.41) is 0. The first-order valence-corrected chi connectivity index (χ1v) is 3.00. The van der Waals surface area contributed by atoms with E-state index in [9.17, 15) is 4.79 Å². The largest absolute Gasteiger partial charge is 0.460 e. The minimum atomic E-state index is -0.271. The van der Waals surface area contributed by atoms with E-state index in [1.165, 1.54) is 6.08 Å². The molecule has 0 radical (unpaired) electrons. The summed E-state index contributed by atoms with van der Waals surface area (Å²) in [6.07, 6.45) is 3.04. The zero-order valence-electron chi connectivity index (χ0n) is 6.05. The molecule has 0 aromatic carbocycles. The van der Waals surface area contributed by atoms with Crippen molar-refractivity contribution in [2.45, 2.75) is 26.9 Å². The number of allylic oxidation sites excluding steroid dienone is 1. The van der Waals surface area contributed by atoms with Crippen LogP contribution in [0, 0.1) is 0 Å². The van der Waals surface area contributed by atoms with Crippen molar-refractivity contribution in [1.82, 2.24) is 0 Å². The Labute approximate surface area is 55.5 Å². The molecule has 0 saturated carbocycles. The molecule has 0 aliphatic carbocycles. The predicted octanol–water partition coefficient (Wildman–Crippen LogP) is 1.51. The Morgan fingerprint density at radius 1 is 1.56 bits per heavy atom. The van der Waals surface area contributed by atoms with Crippen molar-refractivity contribution in [2.75, 3.05) is 0 Å². The van der Waals surface area contributed by atoms with Crippen LogP contribution >= 0.6 is 0 Å². The summed E-state index contributed by atoms with van der Waals surface area (Å²) in [4.78, 5) is 10.5. The van der Waals surface area contributed by atoms with Crippen LogP contribution in [0.25, 0.3) is 0 Å². The van der Waals surface area contributed by atoms with E-state index in [2.05, 4.69) is 0 Å². The zero-order chi connectivity index (χ0) is 7.28. The van der Waals surface area contributed by atoms with Gasteiger partial charge in [0.1, 0.15) is 0 Å².